The van der Waals surface area contributed by atoms with Crippen LogP contribution in [0.1, 0.15) is 18.4 Å². The first-order valence-corrected chi connectivity index (χ1v) is 8.21. The molecule has 0 bridgehead atoms. The number of hydrogen-bond acceptors (Lipinski definition) is 3. The third kappa shape index (κ3) is 3.78. The van der Waals surface area contributed by atoms with Gasteiger partial charge in [-0.1, -0.05) is 30.3 Å². The van der Waals surface area contributed by atoms with E-state index in [1.807, 2.05) is 23.1 Å². The Morgan fingerprint density at radius 1 is 1.18 bits per heavy atom. The van der Waals surface area contributed by atoms with Crippen LogP contribution in [0.4, 0.5) is 4.79 Å². The molecular weight excluding hydrogens is 278 g/mol. The molecule has 0 aromatic heterocycles. The molecule has 0 radical (unpaired) electrons. The van der Waals surface area contributed by atoms with Gasteiger partial charge in [0.2, 0.25) is 0 Å². The summed E-state index contributed by atoms with van der Waals surface area (Å²) < 4.78 is 0. The van der Waals surface area contributed by atoms with Crippen LogP contribution in [0, 0.1) is 0 Å². The second-order valence-electron chi connectivity index (χ2n) is 6.29. The first kappa shape index (κ1) is 15.3. The van der Waals surface area contributed by atoms with Crippen LogP contribution in [0.5, 0.6) is 0 Å². The van der Waals surface area contributed by atoms with Crippen molar-refractivity contribution in [2.24, 2.45) is 0 Å². The van der Waals surface area contributed by atoms with Crippen LogP contribution in [-0.2, 0) is 6.42 Å². The predicted molar refractivity (Wildman–Crippen MR) is 85.7 cm³/mol. The number of likely N-dealkylation sites (tertiary alicyclic amines) is 2. The molecule has 2 fully saturated rings. The Bertz CT molecular complexity index is 480. The largest absolute Gasteiger partial charge is 0.390 e. The number of nitrogens with one attached hydrogen (secondary N) is 1. The third-order valence-electron chi connectivity index (χ3n) is 4.69. The zero-order chi connectivity index (χ0) is 15.4. The number of carbonyl (C=O) groups is 1. The summed E-state index contributed by atoms with van der Waals surface area (Å²) in [6.07, 6.45) is 2.76. The minimum absolute atomic E-state index is 0.0537. The lowest BCUT2D eigenvalue weighted by molar-refractivity contribution is -0.0371. The summed E-state index contributed by atoms with van der Waals surface area (Å²) in [6.45, 7) is 3.91. The van der Waals surface area contributed by atoms with Crippen molar-refractivity contribution in [1.82, 2.24) is 15.1 Å². The molecule has 2 saturated heterocycles. The van der Waals surface area contributed by atoms with Crippen molar-refractivity contribution < 1.29 is 9.90 Å². The molecule has 0 aliphatic carbocycles. The van der Waals surface area contributed by atoms with Crippen molar-refractivity contribution in [2.45, 2.75) is 31.4 Å². The quantitative estimate of drug-likeness (QED) is 0.875. The summed E-state index contributed by atoms with van der Waals surface area (Å²) in [5, 5.41) is 12.4. The molecule has 2 aliphatic heterocycles. The van der Waals surface area contributed by atoms with Crippen molar-refractivity contribution in [3.63, 3.8) is 0 Å². The number of amides is 2. The molecular formula is C17H25N3O2. The number of hydrogen-bond donors (Lipinski definition) is 2. The molecule has 2 N–H and O–H groups in total. The number of aliphatic hydroxyl groups is 1. The van der Waals surface area contributed by atoms with Crippen LogP contribution in [-0.4, -0.2) is 65.8 Å². The second-order valence-corrected chi connectivity index (χ2v) is 6.29. The molecule has 3 rings (SSSR count). The molecule has 5 nitrogen and oxygen atoms in total. The number of piperidine rings is 1. The van der Waals surface area contributed by atoms with E-state index in [0.717, 1.165) is 45.4 Å². The molecule has 120 valence electrons. The number of urea groups is 1. The van der Waals surface area contributed by atoms with Crippen molar-refractivity contribution in [3.05, 3.63) is 35.9 Å². The Hall–Kier alpha value is -1.59. The zero-order valence-corrected chi connectivity index (χ0v) is 12.9. The molecule has 0 atom stereocenters. The Balaban J connectivity index is 1.35. The monoisotopic (exact) mass is 303 g/mol. The fourth-order valence-corrected chi connectivity index (χ4v) is 3.29. The van der Waals surface area contributed by atoms with E-state index in [9.17, 15) is 9.90 Å². The number of nitrogens with zero attached hydrogens (tertiary/aromatic N) is 2. The first-order valence-electron chi connectivity index (χ1n) is 8.21. The minimum atomic E-state index is -0.140. The molecule has 2 aliphatic rings. The van der Waals surface area contributed by atoms with E-state index in [2.05, 4.69) is 22.3 Å². The fourth-order valence-electron chi connectivity index (χ4n) is 3.29. The summed E-state index contributed by atoms with van der Waals surface area (Å²) in [5.74, 6) is 0. The van der Waals surface area contributed by atoms with Crippen LogP contribution in [0.3, 0.4) is 0 Å². The number of rotatable bonds is 4. The average Bonchev–Trinajstić information content (AvgIpc) is 2.53. The molecule has 1 aromatic rings. The van der Waals surface area contributed by atoms with E-state index in [1.54, 1.807) is 0 Å². The van der Waals surface area contributed by atoms with Crippen LogP contribution < -0.4 is 5.32 Å². The van der Waals surface area contributed by atoms with Crippen molar-refractivity contribution >= 4 is 6.03 Å². The standard InChI is InChI=1S/C17H25N3O2/c21-16-12-20(13-16)15-7-10-19(11-8-15)17(22)18-9-6-14-4-2-1-3-5-14/h1-5,15-16,21H,6-13H2,(H,18,22). The summed E-state index contributed by atoms with van der Waals surface area (Å²) in [7, 11) is 0. The van der Waals surface area contributed by atoms with Crippen LogP contribution >= 0.6 is 0 Å². The van der Waals surface area contributed by atoms with Gasteiger partial charge in [-0.15, -0.1) is 0 Å². The molecule has 22 heavy (non-hydrogen) atoms. The molecule has 0 unspecified atom stereocenters. The molecule has 1 aromatic carbocycles. The van der Waals surface area contributed by atoms with Gasteiger partial charge < -0.3 is 15.3 Å². The Morgan fingerprint density at radius 2 is 1.86 bits per heavy atom. The van der Waals surface area contributed by atoms with Gasteiger partial charge in [-0.05, 0) is 24.8 Å². The minimum Gasteiger partial charge on any atom is -0.390 e. The normalized spacial score (nSPS) is 20.7. The molecule has 2 amide bonds. The Morgan fingerprint density at radius 3 is 2.50 bits per heavy atom. The van der Waals surface area contributed by atoms with Gasteiger partial charge in [0, 0.05) is 38.8 Å². The Kier molecular flexibility index (Phi) is 4.95. The maximum Gasteiger partial charge on any atom is 0.317 e. The lowest BCUT2D eigenvalue weighted by Crippen LogP contribution is -2.58. The smallest absolute Gasteiger partial charge is 0.317 e. The Labute approximate surface area is 131 Å². The van der Waals surface area contributed by atoms with Crippen molar-refractivity contribution in [1.29, 1.82) is 0 Å². The van der Waals surface area contributed by atoms with Gasteiger partial charge in [0.15, 0.2) is 0 Å². The van der Waals surface area contributed by atoms with Gasteiger partial charge in [-0.2, -0.15) is 0 Å². The first-order chi connectivity index (χ1) is 10.7. The highest BCUT2D eigenvalue weighted by Gasteiger charge is 2.33. The van der Waals surface area contributed by atoms with E-state index in [0.29, 0.717) is 12.6 Å². The number of benzene rings is 1. The second kappa shape index (κ2) is 7.11. The highest BCUT2D eigenvalue weighted by Crippen LogP contribution is 2.21. The number of β-amino-alcohol motifs (C(OH)–C–C–N with tert-alkyl or cyclic N) is 1. The molecule has 2 heterocycles. The predicted octanol–water partition coefficient (Wildman–Crippen LogP) is 1.08. The van der Waals surface area contributed by atoms with Gasteiger partial charge in [-0.25, -0.2) is 4.79 Å². The van der Waals surface area contributed by atoms with Gasteiger partial charge in [0.05, 0.1) is 6.10 Å². The van der Waals surface area contributed by atoms with Crippen LogP contribution in [0.15, 0.2) is 30.3 Å². The number of aliphatic hydroxyl groups excluding tert-OH is 1. The van der Waals surface area contributed by atoms with Gasteiger partial charge in [0.1, 0.15) is 0 Å². The number of carbonyl (C=O) groups excluding carboxylic acids is 1. The average molecular weight is 303 g/mol. The van der Waals surface area contributed by atoms with E-state index in [4.69, 9.17) is 0 Å². The summed E-state index contributed by atoms with van der Waals surface area (Å²) in [4.78, 5) is 16.4. The van der Waals surface area contributed by atoms with E-state index >= 15 is 0 Å². The van der Waals surface area contributed by atoms with E-state index in [1.165, 1.54) is 5.56 Å². The van der Waals surface area contributed by atoms with E-state index in [-0.39, 0.29) is 12.1 Å². The summed E-state index contributed by atoms with van der Waals surface area (Å²) in [5.41, 5.74) is 1.25. The molecule has 0 saturated carbocycles. The highest BCUT2D eigenvalue weighted by atomic mass is 16.3. The van der Waals surface area contributed by atoms with Crippen LogP contribution in [0.2, 0.25) is 0 Å². The fraction of sp³-hybridized carbons (Fsp3) is 0.588. The summed E-state index contributed by atoms with van der Waals surface area (Å²) in [6, 6.07) is 10.8. The lowest BCUT2D eigenvalue weighted by Gasteiger charge is -2.45. The van der Waals surface area contributed by atoms with Crippen molar-refractivity contribution in [2.75, 3.05) is 32.7 Å². The third-order valence-corrected chi connectivity index (χ3v) is 4.69. The lowest BCUT2D eigenvalue weighted by atomic mass is 9.99. The topological polar surface area (TPSA) is 55.8 Å². The molecule has 5 heteroatoms. The van der Waals surface area contributed by atoms with E-state index < -0.39 is 0 Å². The maximum atomic E-state index is 12.2. The van der Waals surface area contributed by atoms with Gasteiger partial charge >= 0.3 is 6.03 Å². The summed E-state index contributed by atoms with van der Waals surface area (Å²) >= 11 is 0. The van der Waals surface area contributed by atoms with Gasteiger partial charge in [-0.3, -0.25) is 4.90 Å². The van der Waals surface area contributed by atoms with Gasteiger partial charge in [0.25, 0.3) is 0 Å². The maximum absolute atomic E-state index is 12.2. The SMILES string of the molecule is O=C(NCCc1ccccc1)N1CCC(N2CC(O)C2)CC1. The molecule has 0 spiro atoms. The van der Waals surface area contributed by atoms with Crippen LogP contribution in [0.25, 0.3) is 0 Å². The zero-order valence-electron chi connectivity index (χ0n) is 12.9. The van der Waals surface area contributed by atoms with Crippen molar-refractivity contribution in [3.8, 4) is 0 Å². The highest BCUT2D eigenvalue weighted by molar-refractivity contribution is 5.74.